The first-order chi connectivity index (χ1) is 10.6. The lowest BCUT2D eigenvalue weighted by molar-refractivity contribution is -0.112. The van der Waals surface area contributed by atoms with Crippen LogP contribution >= 0.6 is 23.2 Å². The summed E-state index contributed by atoms with van der Waals surface area (Å²) in [5, 5.41) is 1.69. The highest BCUT2D eigenvalue weighted by molar-refractivity contribution is 6.42. The molecule has 0 fully saturated rings. The first kappa shape index (κ1) is 14.6. The molecule has 2 heterocycles. The van der Waals surface area contributed by atoms with Crippen LogP contribution in [0.3, 0.4) is 0 Å². The molecule has 3 aromatic rings. The fourth-order valence-corrected chi connectivity index (χ4v) is 2.51. The van der Waals surface area contributed by atoms with E-state index >= 15 is 0 Å². The van der Waals surface area contributed by atoms with Crippen LogP contribution in [0, 0.1) is 0 Å². The number of aromatic nitrogens is 2. The van der Waals surface area contributed by atoms with E-state index in [1.165, 1.54) is 0 Å². The molecule has 0 radical (unpaired) electrons. The van der Waals surface area contributed by atoms with Gasteiger partial charge in [-0.1, -0.05) is 29.3 Å². The first-order valence-electron chi connectivity index (χ1n) is 6.45. The summed E-state index contributed by atoms with van der Waals surface area (Å²) in [4.78, 5) is 19.1. The third kappa shape index (κ3) is 2.71. The average Bonchev–Trinajstić information content (AvgIpc) is 2.91. The quantitative estimate of drug-likeness (QED) is 0.714. The molecule has 0 unspecified atom stereocenters. The number of nitrogens with two attached hydrogens (primary N) is 1. The van der Waals surface area contributed by atoms with Gasteiger partial charge in [-0.05, 0) is 35.9 Å². The number of primary amides is 1. The summed E-state index contributed by atoms with van der Waals surface area (Å²) in [5.41, 5.74) is 8.03. The van der Waals surface area contributed by atoms with Crippen LogP contribution in [-0.4, -0.2) is 15.9 Å². The van der Waals surface area contributed by atoms with Gasteiger partial charge in [0.25, 0.3) is 0 Å². The smallest absolute Gasteiger partial charge is 0.249 e. The number of hydrogen-bond donors (Lipinski definition) is 2. The van der Waals surface area contributed by atoms with Crippen molar-refractivity contribution in [3.8, 4) is 0 Å². The Balaban J connectivity index is 2.15. The lowest BCUT2D eigenvalue weighted by Crippen LogP contribution is -2.12. The van der Waals surface area contributed by atoms with E-state index in [0.29, 0.717) is 21.2 Å². The van der Waals surface area contributed by atoms with Crippen LogP contribution in [-0.2, 0) is 4.79 Å². The van der Waals surface area contributed by atoms with Crippen molar-refractivity contribution in [1.82, 2.24) is 9.97 Å². The predicted octanol–water partition coefficient (Wildman–Crippen LogP) is 3.90. The van der Waals surface area contributed by atoms with Gasteiger partial charge in [0.05, 0.1) is 10.0 Å². The second kappa shape index (κ2) is 5.83. The molecule has 3 rings (SSSR count). The first-order valence-corrected chi connectivity index (χ1v) is 7.21. The Kier molecular flexibility index (Phi) is 3.88. The SMILES string of the molecule is NC(=O)/C(=C\c1c[nH]c2ncccc12)c1ccc(Cl)c(Cl)c1. The number of hydrogen-bond acceptors (Lipinski definition) is 2. The lowest BCUT2D eigenvalue weighted by Gasteiger charge is -2.05. The highest BCUT2D eigenvalue weighted by Crippen LogP contribution is 2.28. The van der Waals surface area contributed by atoms with Crippen molar-refractivity contribution in [2.75, 3.05) is 0 Å². The van der Waals surface area contributed by atoms with Crippen molar-refractivity contribution < 1.29 is 4.79 Å². The van der Waals surface area contributed by atoms with Gasteiger partial charge in [0.1, 0.15) is 5.65 Å². The Labute approximate surface area is 136 Å². The maximum absolute atomic E-state index is 11.8. The molecule has 0 saturated carbocycles. The van der Waals surface area contributed by atoms with E-state index in [1.54, 1.807) is 36.7 Å². The molecule has 6 heteroatoms. The Morgan fingerprint density at radius 1 is 1.23 bits per heavy atom. The lowest BCUT2D eigenvalue weighted by atomic mass is 10.0. The van der Waals surface area contributed by atoms with Gasteiger partial charge in [0.15, 0.2) is 0 Å². The van der Waals surface area contributed by atoms with Gasteiger partial charge in [0, 0.05) is 28.9 Å². The van der Waals surface area contributed by atoms with Crippen molar-refractivity contribution in [2.45, 2.75) is 0 Å². The maximum atomic E-state index is 11.8. The number of rotatable bonds is 3. The standard InChI is InChI=1S/C16H11Cl2N3O/c17-13-4-3-9(7-14(13)18)12(15(19)22)6-10-8-21-16-11(10)2-1-5-20-16/h1-8H,(H2,19,22)(H,20,21)/b12-6-. The molecule has 0 aliphatic heterocycles. The van der Waals surface area contributed by atoms with Gasteiger partial charge in [-0.3, -0.25) is 4.79 Å². The van der Waals surface area contributed by atoms with E-state index in [1.807, 2.05) is 12.1 Å². The number of pyridine rings is 1. The van der Waals surface area contributed by atoms with Gasteiger partial charge in [-0.2, -0.15) is 0 Å². The van der Waals surface area contributed by atoms with Crippen molar-refractivity contribution >= 4 is 51.8 Å². The summed E-state index contributed by atoms with van der Waals surface area (Å²) in [6, 6.07) is 8.70. The van der Waals surface area contributed by atoms with E-state index in [0.717, 1.165) is 16.6 Å². The molecule has 22 heavy (non-hydrogen) atoms. The van der Waals surface area contributed by atoms with Gasteiger partial charge < -0.3 is 10.7 Å². The van der Waals surface area contributed by atoms with Gasteiger partial charge in [-0.15, -0.1) is 0 Å². The number of amides is 1. The minimum atomic E-state index is -0.545. The number of aromatic amines is 1. The largest absolute Gasteiger partial charge is 0.366 e. The number of benzene rings is 1. The minimum Gasteiger partial charge on any atom is -0.366 e. The summed E-state index contributed by atoms with van der Waals surface area (Å²) in [6.45, 7) is 0. The van der Waals surface area contributed by atoms with E-state index < -0.39 is 5.91 Å². The summed E-state index contributed by atoms with van der Waals surface area (Å²) in [6.07, 6.45) is 5.18. The van der Waals surface area contributed by atoms with Gasteiger partial charge in [0.2, 0.25) is 5.91 Å². The van der Waals surface area contributed by atoms with Crippen LogP contribution in [0.15, 0.2) is 42.7 Å². The van der Waals surface area contributed by atoms with Crippen LogP contribution < -0.4 is 5.73 Å². The van der Waals surface area contributed by atoms with Crippen LogP contribution in [0.5, 0.6) is 0 Å². The highest BCUT2D eigenvalue weighted by Gasteiger charge is 2.12. The Morgan fingerprint density at radius 2 is 2.05 bits per heavy atom. The molecular formula is C16H11Cl2N3O. The fraction of sp³-hybridized carbons (Fsp3) is 0. The second-order valence-electron chi connectivity index (χ2n) is 4.69. The van der Waals surface area contributed by atoms with Crippen molar-refractivity contribution in [3.05, 3.63) is 63.9 Å². The molecule has 110 valence electrons. The third-order valence-electron chi connectivity index (χ3n) is 3.28. The van der Waals surface area contributed by atoms with Crippen LogP contribution in [0.1, 0.15) is 11.1 Å². The van der Waals surface area contributed by atoms with E-state index in [4.69, 9.17) is 28.9 Å². The zero-order valence-electron chi connectivity index (χ0n) is 11.3. The number of nitrogens with one attached hydrogen (secondary N) is 1. The van der Waals surface area contributed by atoms with E-state index in [9.17, 15) is 4.79 Å². The maximum Gasteiger partial charge on any atom is 0.249 e. The number of fused-ring (bicyclic) bond motifs is 1. The topological polar surface area (TPSA) is 71.8 Å². The fourth-order valence-electron chi connectivity index (χ4n) is 2.21. The number of carbonyl (C=O) groups excluding carboxylic acids is 1. The summed E-state index contributed by atoms with van der Waals surface area (Å²) < 4.78 is 0. The van der Waals surface area contributed by atoms with Gasteiger partial charge in [-0.25, -0.2) is 4.98 Å². The van der Waals surface area contributed by atoms with Crippen LogP contribution in [0.25, 0.3) is 22.7 Å². The number of carbonyl (C=O) groups is 1. The second-order valence-corrected chi connectivity index (χ2v) is 5.51. The average molecular weight is 332 g/mol. The highest BCUT2D eigenvalue weighted by atomic mass is 35.5. The van der Waals surface area contributed by atoms with E-state index in [-0.39, 0.29) is 0 Å². The Hall–Kier alpha value is -2.30. The van der Waals surface area contributed by atoms with E-state index in [2.05, 4.69) is 9.97 Å². The summed E-state index contributed by atoms with van der Waals surface area (Å²) >= 11 is 11.9. The summed E-state index contributed by atoms with van der Waals surface area (Å²) in [7, 11) is 0. The number of H-pyrrole nitrogens is 1. The molecule has 0 saturated heterocycles. The molecule has 4 nitrogen and oxygen atoms in total. The Bertz CT molecular complexity index is 899. The van der Waals surface area contributed by atoms with Crippen molar-refractivity contribution in [3.63, 3.8) is 0 Å². The van der Waals surface area contributed by atoms with Crippen LogP contribution in [0.4, 0.5) is 0 Å². The molecule has 0 aliphatic rings. The van der Waals surface area contributed by atoms with Gasteiger partial charge >= 0.3 is 0 Å². The molecule has 0 aliphatic carbocycles. The number of nitrogens with zero attached hydrogens (tertiary/aromatic N) is 1. The predicted molar refractivity (Wildman–Crippen MR) is 89.6 cm³/mol. The van der Waals surface area contributed by atoms with Crippen molar-refractivity contribution in [2.24, 2.45) is 5.73 Å². The molecule has 3 N–H and O–H groups in total. The molecule has 0 atom stereocenters. The monoisotopic (exact) mass is 331 g/mol. The minimum absolute atomic E-state index is 0.350. The molecule has 0 bridgehead atoms. The zero-order chi connectivity index (χ0) is 15.7. The van der Waals surface area contributed by atoms with Crippen LogP contribution in [0.2, 0.25) is 10.0 Å². The molecular weight excluding hydrogens is 321 g/mol. The molecule has 1 aromatic carbocycles. The summed E-state index contributed by atoms with van der Waals surface area (Å²) in [5.74, 6) is -0.545. The zero-order valence-corrected chi connectivity index (χ0v) is 12.8. The normalized spacial score (nSPS) is 11.8. The molecule has 2 aromatic heterocycles. The Morgan fingerprint density at radius 3 is 2.77 bits per heavy atom. The third-order valence-corrected chi connectivity index (χ3v) is 4.02. The molecule has 0 spiro atoms. The molecule has 1 amide bonds. The number of halogens is 2. The van der Waals surface area contributed by atoms with Crippen molar-refractivity contribution in [1.29, 1.82) is 0 Å².